The van der Waals surface area contributed by atoms with Crippen molar-refractivity contribution in [2.45, 2.75) is 12.8 Å². The maximum atomic E-state index is 12.0. The highest BCUT2D eigenvalue weighted by Gasteiger charge is 2.25. The summed E-state index contributed by atoms with van der Waals surface area (Å²) in [6.45, 7) is 4.96. The van der Waals surface area contributed by atoms with Crippen LogP contribution in [0.25, 0.3) is 0 Å². The molecule has 0 radical (unpaired) electrons. The Morgan fingerprint density at radius 2 is 1.83 bits per heavy atom. The summed E-state index contributed by atoms with van der Waals surface area (Å²) < 4.78 is 30.5. The smallest absolute Gasteiger partial charge is 0.214 e. The molecule has 0 spiro atoms. The van der Waals surface area contributed by atoms with Crippen molar-refractivity contribution in [3.63, 3.8) is 0 Å². The zero-order valence-corrected chi connectivity index (χ0v) is 12.0. The number of methoxy groups -OCH3 is 1. The van der Waals surface area contributed by atoms with Crippen LogP contribution in [-0.2, 0) is 14.8 Å². The summed E-state index contributed by atoms with van der Waals surface area (Å²) in [5.41, 5.74) is 5.47. The standard InChI is InChI=1S/C11H25N3O3S/c1-17-10-3-11-18(15,16)14-8-6-13(7-9-14)5-2-4-12/h2-12H2,1H3. The van der Waals surface area contributed by atoms with Gasteiger partial charge in [-0.05, 0) is 25.9 Å². The van der Waals surface area contributed by atoms with E-state index in [1.807, 2.05) is 0 Å². The first-order chi connectivity index (χ1) is 8.60. The number of sulfonamides is 1. The summed E-state index contributed by atoms with van der Waals surface area (Å²) in [7, 11) is -1.51. The van der Waals surface area contributed by atoms with Gasteiger partial charge >= 0.3 is 0 Å². The van der Waals surface area contributed by atoms with E-state index in [9.17, 15) is 8.42 Å². The summed E-state index contributed by atoms with van der Waals surface area (Å²) in [4.78, 5) is 2.27. The quantitative estimate of drug-likeness (QED) is 0.596. The Balaban J connectivity index is 2.32. The summed E-state index contributed by atoms with van der Waals surface area (Å²) in [6, 6.07) is 0. The highest BCUT2D eigenvalue weighted by Crippen LogP contribution is 2.09. The molecule has 0 saturated carbocycles. The molecule has 1 aliphatic heterocycles. The molecule has 18 heavy (non-hydrogen) atoms. The SMILES string of the molecule is COCCCS(=O)(=O)N1CCN(CCCN)CC1. The average Bonchev–Trinajstić information content (AvgIpc) is 2.37. The molecular formula is C11H25N3O3S. The van der Waals surface area contributed by atoms with Crippen molar-refractivity contribution < 1.29 is 13.2 Å². The monoisotopic (exact) mass is 279 g/mol. The summed E-state index contributed by atoms with van der Waals surface area (Å²) in [5.74, 6) is 0.184. The van der Waals surface area contributed by atoms with Gasteiger partial charge in [0, 0.05) is 39.9 Å². The van der Waals surface area contributed by atoms with Crippen molar-refractivity contribution in [3.8, 4) is 0 Å². The van der Waals surface area contributed by atoms with Gasteiger partial charge in [-0.1, -0.05) is 0 Å². The third-order valence-corrected chi connectivity index (χ3v) is 5.11. The van der Waals surface area contributed by atoms with Crippen molar-refractivity contribution >= 4 is 10.0 Å². The number of ether oxygens (including phenoxy) is 1. The average molecular weight is 279 g/mol. The highest BCUT2D eigenvalue weighted by atomic mass is 32.2. The molecule has 1 heterocycles. The van der Waals surface area contributed by atoms with Gasteiger partial charge in [0.15, 0.2) is 0 Å². The molecule has 6 nitrogen and oxygen atoms in total. The second-order valence-corrected chi connectivity index (χ2v) is 6.63. The van der Waals surface area contributed by atoms with Gasteiger partial charge in [0.1, 0.15) is 0 Å². The van der Waals surface area contributed by atoms with Gasteiger partial charge in [-0.2, -0.15) is 4.31 Å². The van der Waals surface area contributed by atoms with E-state index < -0.39 is 10.0 Å². The van der Waals surface area contributed by atoms with E-state index in [2.05, 4.69) is 4.90 Å². The minimum absolute atomic E-state index is 0.184. The van der Waals surface area contributed by atoms with Crippen LogP contribution in [0.2, 0.25) is 0 Å². The van der Waals surface area contributed by atoms with Gasteiger partial charge in [0.2, 0.25) is 10.0 Å². The maximum absolute atomic E-state index is 12.0. The Kier molecular flexibility index (Phi) is 7.10. The lowest BCUT2D eigenvalue weighted by Crippen LogP contribution is -2.49. The zero-order valence-electron chi connectivity index (χ0n) is 11.2. The fourth-order valence-electron chi connectivity index (χ4n) is 2.06. The number of nitrogens with zero attached hydrogens (tertiary/aromatic N) is 2. The number of piperazine rings is 1. The van der Waals surface area contributed by atoms with E-state index in [0.29, 0.717) is 32.7 Å². The molecule has 0 atom stereocenters. The molecule has 0 aliphatic carbocycles. The predicted octanol–water partition coefficient (Wildman–Crippen LogP) is -0.681. The topological polar surface area (TPSA) is 75.9 Å². The first-order valence-electron chi connectivity index (χ1n) is 6.49. The first-order valence-corrected chi connectivity index (χ1v) is 8.10. The number of hydrogen-bond donors (Lipinski definition) is 1. The summed E-state index contributed by atoms with van der Waals surface area (Å²) >= 11 is 0. The highest BCUT2D eigenvalue weighted by molar-refractivity contribution is 7.89. The number of hydrogen-bond acceptors (Lipinski definition) is 5. The van der Waals surface area contributed by atoms with Crippen LogP contribution in [0.15, 0.2) is 0 Å². The lowest BCUT2D eigenvalue weighted by Gasteiger charge is -2.33. The Morgan fingerprint density at radius 3 is 2.39 bits per heavy atom. The van der Waals surface area contributed by atoms with Crippen LogP contribution in [0.1, 0.15) is 12.8 Å². The Labute approximate surface area is 110 Å². The van der Waals surface area contributed by atoms with Crippen molar-refractivity contribution in [1.82, 2.24) is 9.21 Å². The Morgan fingerprint density at radius 1 is 1.17 bits per heavy atom. The maximum Gasteiger partial charge on any atom is 0.214 e. The molecule has 0 bridgehead atoms. The summed E-state index contributed by atoms with van der Waals surface area (Å²) in [6.07, 6.45) is 1.53. The van der Waals surface area contributed by atoms with E-state index in [-0.39, 0.29) is 5.75 Å². The lowest BCUT2D eigenvalue weighted by molar-refractivity contribution is 0.185. The number of rotatable bonds is 8. The molecule has 0 unspecified atom stereocenters. The molecule has 0 aromatic carbocycles. The molecule has 1 saturated heterocycles. The van der Waals surface area contributed by atoms with Crippen LogP contribution in [0, 0.1) is 0 Å². The van der Waals surface area contributed by atoms with E-state index in [0.717, 1.165) is 26.1 Å². The van der Waals surface area contributed by atoms with Crippen molar-refractivity contribution in [3.05, 3.63) is 0 Å². The zero-order chi connectivity index (χ0) is 13.4. The van der Waals surface area contributed by atoms with Crippen LogP contribution in [-0.4, -0.2) is 76.4 Å². The minimum Gasteiger partial charge on any atom is -0.385 e. The van der Waals surface area contributed by atoms with Crippen LogP contribution in [0.3, 0.4) is 0 Å². The van der Waals surface area contributed by atoms with Crippen LogP contribution < -0.4 is 5.73 Å². The first kappa shape index (κ1) is 15.8. The second kappa shape index (κ2) is 8.06. The lowest BCUT2D eigenvalue weighted by atomic mass is 10.3. The molecule has 1 aliphatic rings. The second-order valence-electron chi connectivity index (χ2n) is 4.55. The normalized spacial score (nSPS) is 19.2. The molecule has 7 heteroatoms. The minimum atomic E-state index is -3.10. The van der Waals surface area contributed by atoms with E-state index in [1.54, 1.807) is 11.4 Å². The van der Waals surface area contributed by atoms with E-state index in [4.69, 9.17) is 10.5 Å². The van der Waals surface area contributed by atoms with Gasteiger partial charge in [0.25, 0.3) is 0 Å². The molecule has 0 amide bonds. The molecule has 0 aromatic heterocycles. The fourth-order valence-corrected chi connectivity index (χ4v) is 3.52. The third-order valence-electron chi connectivity index (χ3n) is 3.15. The van der Waals surface area contributed by atoms with Crippen molar-refractivity contribution in [2.75, 3.05) is 58.7 Å². The van der Waals surface area contributed by atoms with Gasteiger partial charge in [-0.15, -0.1) is 0 Å². The Hall–Kier alpha value is -0.210. The molecule has 1 rings (SSSR count). The van der Waals surface area contributed by atoms with Crippen LogP contribution in [0.5, 0.6) is 0 Å². The Bertz CT molecular complexity index is 313. The molecule has 2 N–H and O–H groups in total. The van der Waals surface area contributed by atoms with Gasteiger partial charge in [-0.25, -0.2) is 8.42 Å². The predicted molar refractivity (Wildman–Crippen MR) is 72.0 cm³/mol. The summed E-state index contributed by atoms with van der Waals surface area (Å²) in [5, 5.41) is 0. The fraction of sp³-hybridized carbons (Fsp3) is 1.00. The van der Waals surface area contributed by atoms with Crippen molar-refractivity contribution in [2.24, 2.45) is 5.73 Å². The molecule has 1 fully saturated rings. The van der Waals surface area contributed by atoms with Gasteiger partial charge in [-0.3, -0.25) is 0 Å². The molecular weight excluding hydrogens is 254 g/mol. The molecule has 0 aromatic rings. The molecule has 108 valence electrons. The van der Waals surface area contributed by atoms with E-state index >= 15 is 0 Å². The third kappa shape index (κ3) is 5.19. The van der Waals surface area contributed by atoms with E-state index in [1.165, 1.54) is 0 Å². The van der Waals surface area contributed by atoms with Crippen LogP contribution >= 0.6 is 0 Å². The largest absolute Gasteiger partial charge is 0.385 e. The van der Waals surface area contributed by atoms with Crippen molar-refractivity contribution in [1.29, 1.82) is 0 Å². The number of nitrogens with two attached hydrogens (primary N) is 1. The van der Waals surface area contributed by atoms with Gasteiger partial charge in [0.05, 0.1) is 5.75 Å². The van der Waals surface area contributed by atoms with Gasteiger partial charge < -0.3 is 15.4 Å². The van der Waals surface area contributed by atoms with Crippen LogP contribution in [0.4, 0.5) is 0 Å².